The molecule has 0 aliphatic rings. The summed E-state index contributed by atoms with van der Waals surface area (Å²) in [5.41, 5.74) is 0. The van der Waals surface area contributed by atoms with Gasteiger partial charge in [-0.15, -0.1) is 11.8 Å². The van der Waals surface area contributed by atoms with Crippen LogP contribution in [0.3, 0.4) is 0 Å². The Labute approximate surface area is 126 Å². The van der Waals surface area contributed by atoms with E-state index in [2.05, 4.69) is 28.1 Å². The number of thioether (sulfide) groups is 1. The summed E-state index contributed by atoms with van der Waals surface area (Å²) < 4.78 is 12.0. The summed E-state index contributed by atoms with van der Waals surface area (Å²) >= 11 is 5.25. The van der Waals surface area contributed by atoms with Gasteiger partial charge in [-0.1, -0.05) is 24.3 Å². The Balaban J connectivity index is 1.86. The van der Waals surface area contributed by atoms with Gasteiger partial charge in [-0.05, 0) is 40.2 Å². The maximum atomic E-state index is 5.79. The summed E-state index contributed by atoms with van der Waals surface area (Å²) in [6, 6.07) is 16.1. The minimum absolute atomic E-state index is 0.637. The van der Waals surface area contributed by atoms with Crippen LogP contribution < -0.4 is 9.47 Å². The molecule has 0 aliphatic carbocycles. The molecule has 19 heavy (non-hydrogen) atoms. The van der Waals surface area contributed by atoms with Crippen molar-refractivity contribution < 1.29 is 9.47 Å². The number of rotatable bonds is 6. The molecule has 4 heteroatoms. The van der Waals surface area contributed by atoms with Crippen LogP contribution in [0.2, 0.25) is 0 Å². The summed E-state index contributed by atoms with van der Waals surface area (Å²) in [5, 5.41) is 0. The lowest BCUT2D eigenvalue weighted by molar-refractivity contribution is 0.311. The van der Waals surface area contributed by atoms with Gasteiger partial charge in [0, 0.05) is 10.6 Å². The summed E-state index contributed by atoms with van der Waals surface area (Å²) in [4.78, 5) is 1.25. The predicted octanol–water partition coefficient (Wildman–Crippen LogP) is 4.63. The molecule has 100 valence electrons. The van der Waals surface area contributed by atoms with Crippen molar-refractivity contribution in [2.24, 2.45) is 0 Å². The van der Waals surface area contributed by atoms with Crippen LogP contribution in [0.5, 0.6) is 11.5 Å². The van der Waals surface area contributed by atoms with Crippen molar-refractivity contribution in [3.8, 4) is 11.5 Å². The largest absolute Gasteiger partial charge is 0.493 e. The van der Waals surface area contributed by atoms with Crippen LogP contribution in [-0.2, 0) is 0 Å². The van der Waals surface area contributed by atoms with Crippen molar-refractivity contribution in [1.82, 2.24) is 0 Å². The fourth-order valence-corrected chi connectivity index (χ4v) is 2.82. The molecule has 0 amide bonds. The first-order valence-corrected chi connectivity index (χ1v) is 7.72. The molecule has 2 rings (SSSR count). The van der Waals surface area contributed by atoms with E-state index in [0.29, 0.717) is 6.61 Å². The van der Waals surface area contributed by atoms with Crippen molar-refractivity contribution in [2.75, 3.05) is 19.5 Å². The minimum atomic E-state index is 0.637. The van der Waals surface area contributed by atoms with Gasteiger partial charge >= 0.3 is 0 Å². The molecular weight excluding hydrogens is 324 g/mol. The van der Waals surface area contributed by atoms with E-state index in [1.165, 1.54) is 4.90 Å². The number of ether oxygens (including phenoxy) is 2. The quantitative estimate of drug-likeness (QED) is 0.565. The minimum Gasteiger partial charge on any atom is -0.493 e. The van der Waals surface area contributed by atoms with Crippen molar-refractivity contribution in [2.45, 2.75) is 4.90 Å². The Kier molecular flexibility index (Phi) is 5.61. The molecule has 0 radical (unpaired) electrons. The molecular formula is C15H15BrO2S. The van der Waals surface area contributed by atoms with Crippen LogP contribution in [0, 0.1) is 0 Å². The second-order valence-corrected chi connectivity index (χ2v) is 5.80. The summed E-state index contributed by atoms with van der Waals surface area (Å²) in [6.45, 7) is 0.637. The molecule has 2 aromatic rings. The van der Waals surface area contributed by atoms with Crippen LogP contribution in [0.4, 0.5) is 0 Å². The SMILES string of the molecule is COc1cccc(Br)c1OCCSc1ccccc1. The Hall–Kier alpha value is -1.13. The zero-order valence-electron chi connectivity index (χ0n) is 10.6. The zero-order chi connectivity index (χ0) is 13.5. The average Bonchev–Trinajstić information content (AvgIpc) is 2.46. The molecule has 0 saturated carbocycles. The van der Waals surface area contributed by atoms with Crippen LogP contribution in [-0.4, -0.2) is 19.5 Å². The van der Waals surface area contributed by atoms with E-state index in [9.17, 15) is 0 Å². The molecule has 0 bridgehead atoms. The first kappa shape index (κ1) is 14.3. The standard InChI is InChI=1S/C15H15BrO2S/c1-17-14-9-5-8-13(16)15(14)18-10-11-19-12-6-3-2-4-7-12/h2-9H,10-11H2,1H3. The molecule has 2 nitrogen and oxygen atoms in total. The van der Waals surface area contributed by atoms with Gasteiger partial charge in [0.2, 0.25) is 0 Å². The number of hydrogen-bond donors (Lipinski definition) is 0. The van der Waals surface area contributed by atoms with Crippen LogP contribution in [0.1, 0.15) is 0 Å². The molecule has 0 atom stereocenters. The number of benzene rings is 2. The zero-order valence-corrected chi connectivity index (χ0v) is 13.0. The van der Waals surface area contributed by atoms with E-state index in [1.54, 1.807) is 18.9 Å². The van der Waals surface area contributed by atoms with E-state index >= 15 is 0 Å². The first-order valence-electron chi connectivity index (χ1n) is 5.94. The van der Waals surface area contributed by atoms with Crippen LogP contribution in [0.15, 0.2) is 57.9 Å². The van der Waals surface area contributed by atoms with Crippen molar-refractivity contribution in [3.05, 3.63) is 53.0 Å². The van der Waals surface area contributed by atoms with Gasteiger partial charge in [-0.3, -0.25) is 0 Å². The third kappa shape index (κ3) is 4.18. The van der Waals surface area contributed by atoms with E-state index in [-0.39, 0.29) is 0 Å². The van der Waals surface area contributed by atoms with Gasteiger partial charge in [0.15, 0.2) is 11.5 Å². The molecule has 2 aromatic carbocycles. The van der Waals surface area contributed by atoms with E-state index in [1.807, 2.05) is 36.4 Å². The number of halogens is 1. The van der Waals surface area contributed by atoms with Crippen molar-refractivity contribution in [1.29, 1.82) is 0 Å². The number of methoxy groups -OCH3 is 1. The Bertz CT molecular complexity index is 517. The molecule has 0 heterocycles. The molecule has 0 aliphatic heterocycles. The molecule has 0 spiro atoms. The number of hydrogen-bond acceptors (Lipinski definition) is 3. The monoisotopic (exact) mass is 338 g/mol. The van der Waals surface area contributed by atoms with Crippen LogP contribution >= 0.6 is 27.7 Å². The Morgan fingerprint density at radius 3 is 2.58 bits per heavy atom. The van der Waals surface area contributed by atoms with E-state index in [0.717, 1.165) is 21.7 Å². The molecule has 0 aromatic heterocycles. The lowest BCUT2D eigenvalue weighted by atomic mass is 10.3. The van der Waals surface area contributed by atoms with E-state index in [4.69, 9.17) is 9.47 Å². The molecule has 0 saturated heterocycles. The van der Waals surface area contributed by atoms with Crippen molar-refractivity contribution in [3.63, 3.8) is 0 Å². The maximum absolute atomic E-state index is 5.79. The fraction of sp³-hybridized carbons (Fsp3) is 0.200. The van der Waals surface area contributed by atoms with Gasteiger partial charge in [-0.2, -0.15) is 0 Å². The topological polar surface area (TPSA) is 18.5 Å². The second-order valence-electron chi connectivity index (χ2n) is 3.78. The summed E-state index contributed by atoms with van der Waals surface area (Å²) in [5.74, 6) is 2.41. The Morgan fingerprint density at radius 1 is 1.05 bits per heavy atom. The maximum Gasteiger partial charge on any atom is 0.175 e. The normalized spacial score (nSPS) is 10.2. The highest BCUT2D eigenvalue weighted by atomic mass is 79.9. The summed E-state index contributed by atoms with van der Waals surface area (Å²) in [7, 11) is 1.65. The van der Waals surface area contributed by atoms with Gasteiger partial charge in [0.1, 0.15) is 0 Å². The summed E-state index contributed by atoms with van der Waals surface area (Å²) in [6.07, 6.45) is 0. The Morgan fingerprint density at radius 2 is 1.84 bits per heavy atom. The van der Waals surface area contributed by atoms with Gasteiger partial charge in [0.05, 0.1) is 18.2 Å². The molecule has 0 fully saturated rings. The van der Waals surface area contributed by atoms with Crippen LogP contribution in [0.25, 0.3) is 0 Å². The second kappa shape index (κ2) is 7.46. The molecule has 0 unspecified atom stereocenters. The third-order valence-electron chi connectivity index (χ3n) is 2.49. The highest BCUT2D eigenvalue weighted by Gasteiger charge is 2.08. The first-order chi connectivity index (χ1) is 9.31. The fourth-order valence-electron chi connectivity index (χ4n) is 1.61. The van der Waals surface area contributed by atoms with E-state index < -0.39 is 0 Å². The van der Waals surface area contributed by atoms with Crippen molar-refractivity contribution >= 4 is 27.7 Å². The predicted molar refractivity (Wildman–Crippen MR) is 83.4 cm³/mol. The lowest BCUT2D eigenvalue weighted by Gasteiger charge is -2.12. The molecule has 0 N–H and O–H groups in total. The van der Waals surface area contributed by atoms with Gasteiger partial charge < -0.3 is 9.47 Å². The third-order valence-corrected chi connectivity index (χ3v) is 4.09. The highest BCUT2D eigenvalue weighted by molar-refractivity contribution is 9.10. The van der Waals surface area contributed by atoms with Gasteiger partial charge in [0.25, 0.3) is 0 Å². The lowest BCUT2D eigenvalue weighted by Crippen LogP contribution is -2.02. The van der Waals surface area contributed by atoms with Gasteiger partial charge in [-0.25, -0.2) is 0 Å². The smallest absolute Gasteiger partial charge is 0.175 e. The number of para-hydroxylation sites is 1. The average molecular weight is 339 g/mol. The highest BCUT2D eigenvalue weighted by Crippen LogP contribution is 2.34.